The molecule has 2 aromatic carbocycles. The van der Waals surface area contributed by atoms with Crippen LogP contribution < -0.4 is 15.0 Å². The van der Waals surface area contributed by atoms with Crippen molar-refractivity contribution < 1.29 is 18.8 Å². The number of nitrogens with one attached hydrogen (secondary N) is 2. The molecule has 2 aromatic rings. The number of benzene rings is 2. The van der Waals surface area contributed by atoms with E-state index < -0.39 is 0 Å². The summed E-state index contributed by atoms with van der Waals surface area (Å²) in [7, 11) is 0. The van der Waals surface area contributed by atoms with Crippen molar-refractivity contribution in [1.29, 1.82) is 0 Å². The van der Waals surface area contributed by atoms with Gasteiger partial charge in [-0.2, -0.15) is 0 Å². The lowest BCUT2D eigenvalue weighted by molar-refractivity contribution is -0.901. The van der Waals surface area contributed by atoms with Crippen LogP contribution in [-0.4, -0.2) is 25.6 Å². The van der Waals surface area contributed by atoms with Crippen molar-refractivity contribution in [2.45, 2.75) is 25.9 Å². The van der Waals surface area contributed by atoms with Crippen LogP contribution in [0.4, 0.5) is 4.39 Å². The minimum absolute atomic E-state index is 0.125. The fraction of sp³-hybridized carbons (Fsp3) is 0.350. The number of halogens is 1. The minimum atomic E-state index is -0.381. The Hall–Kier alpha value is -2.40. The molecule has 1 aliphatic heterocycles. The number of amides is 1. The Bertz CT molecular complexity index is 697. The van der Waals surface area contributed by atoms with Crippen LogP contribution in [0.1, 0.15) is 24.0 Å². The van der Waals surface area contributed by atoms with E-state index in [1.54, 1.807) is 17.0 Å². The van der Waals surface area contributed by atoms with Crippen LogP contribution in [0.5, 0.6) is 5.75 Å². The van der Waals surface area contributed by atoms with Gasteiger partial charge in [0, 0.05) is 31.0 Å². The zero-order valence-corrected chi connectivity index (χ0v) is 14.3. The fourth-order valence-electron chi connectivity index (χ4n) is 3.07. The van der Waals surface area contributed by atoms with Crippen molar-refractivity contribution in [3.63, 3.8) is 0 Å². The maximum absolute atomic E-state index is 13.0. The predicted octanol–water partition coefficient (Wildman–Crippen LogP) is 1.70. The molecule has 0 saturated carbocycles. The van der Waals surface area contributed by atoms with Gasteiger partial charge in [0.15, 0.2) is 6.61 Å². The lowest BCUT2D eigenvalue weighted by Crippen LogP contribution is -3.08. The molecule has 1 aliphatic rings. The molecule has 2 N–H and O–H groups in total. The number of quaternary nitrogens is 1. The number of likely N-dealkylation sites (tertiary alicyclic amines) is 1. The minimum Gasteiger partial charge on any atom is -0.484 e. The molecular formula is C20H24FN2O2+. The molecule has 3 rings (SSSR count). The molecule has 4 nitrogen and oxygen atoms in total. The topological polar surface area (TPSA) is 42.8 Å². The first-order valence-electron chi connectivity index (χ1n) is 8.75. The van der Waals surface area contributed by atoms with Crippen molar-refractivity contribution in [1.82, 2.24) is 5.32 Å². The summed E-state index contributed by atoms with van der Waals surface area (Å²) in [5, 5.41) is 2.81. The standard InChI is InChI=1S/C20H23FN2O2/c21-18-4-3-5-19(12-18)25-15-20(24)22-13-16-6-8-17(9-7-16)14-23-10-1-2-11-23/h3-9,12H,1-2,10-11,13-15H2,(H,22,24)/p+1. The number of carbonyl (C=O) groups is 1. The molecule has 1 saturated heterocycles. The van der Waals surface area contributed by atoms with Gasteiger partial charge in [-0.05, 0) is 17.7 Å². The van der Waals surface area contributed by atoms with Gasteiger partial charge in [-0.15, -0.1) is 0 Å². The number of carbonyl (C=O) groups excluding carboxylic acids is 1. The molecule has 1 amide bonds. The molecule has 0 spiro atoms. The second-order valence-corrected chi connectivity index (χ2v) is 6.47. The maximum atomic E-state index is 13.0. The first-order chi connectivity index (χ1) is 12.2. The highest BCUT2D eigenvalue weighted by atomic mass is 19.1. The van der Waals surface area contributed by atoms with Gasteiger partial charge in [-0.1, -0.05) is 30.3 Å². The predicted molar refractivity (Wildman–Crippen MR) is 93.8 cm³/mol. The Morgan fingerprint density at radius 2 is 1.80 bits per heavy atom. The third kappa shape index (κ3) is 5.57. The van der Waals surface area contributed by atoms with Gasteiger partial charge in [0.2, 0.25) is 0 Å². The summed E-state index contributed by atoms with van der Waals surface area (Å²) in [6, 6.07) is 14.1. The average molecular weight is 343 g/mol. The summed E-state index contributed by atoms with van der Waals surface area (Å²) in [5.41, 5.74) is 2.39. The molecule has 0 bridgehead atoms. The molecule has 1 heterocycles. The Labute approximate surface area is 147 Å². The first-order valence-corrected chi connectivity index (χ1v) is 8.75. The highest BCUT2D eigenvalue weighted by molar-refractivity contribution is 5.77. The van der Waals surface area contributed by atoms with E-state index >= 15 is 0 Å². The first kappa shape index (κ1) is 17.4. The summed E-state index contributed by atoms with van der Waals surface area (Å²) < 4.78 is 18.3. The zero-order chi connectivity index (χ0) is 17.5. The highest BCUT2D eigenvalue weighted by Gasteiger charge is 2.15. The summed E-state index contributed by atoms with van der Waals surface area (Å²) in [4.78, 5) is 13.5. The maximum Gasteiger partial charge on any atom is 0.258 e. The molecule has 0 atom stereocenters. The van der Waals surface area contributed by atoms with Crippen LogP contribution in [0.15, 0.2) is 48.5 Å². The Balaban J connectivity index is 1.40. The average Bonchev–Trinajstić information content (AvgIpc) is 3.12. The van der Waals surface area contributed by atoms with Crippen molar-refractivity contribution >= 4 is 5.91 Å². The molecule has 0 aliphatic carbocycles. The summed E-state index contributed by atoms with van der Waals surface area (Å²) >= 11 is 0. The van der Waals surface area contributed by atoms with E-state index in [4.69, 9.17) is 4.74 Å². The molecule has 0 unspecified atom stereocenters. The van der Waals surface area contributed by atoms with Crippen molar-refractivity contribution in [2.24, 2.45) is 0 Å². The van der Waals surface area contributed by atoms with E-state index in [0.717, 1.165) is 12.1 Å². The van der Waals surface area contributed by atoms with Crippen LogP contribution in [0, 0.1) is 5.82 Å². The van der Waals surface area contributed by atoms with E-state index in [2.05, 4.69) is 29.6 Å². The summed E-state index contributed by atoms with van der Waals surface area (Å²) in [6.07, 6.45) is 2.66. The fourth-order valence-corrected chi connectivity index (χ4v) is 3.07. The van der Waals surface area contributed by atoms with Crippen molar-refractivity contribution in [2.75, 3.05) is 19.7 Å². The van der Waals surface area contributed by atoms with E-state index in [9.17, 15) is 9.18 Å². The van der Waals surface area contributed by atoms with E-state index in [-0.39, 0.29) is 18.3 Å². The monoisotopic (exact) mass is 343 g/mol. The molecule has 5 heteroatoms. The molecule has 25 heavy (non-hydrogen) atoms. The van der Waals surface area contributed by atoms with Gasteiger partial charge < -0.3 is 15.0 Å². The second-order valence-electron chi connectivity index (χ2n) is 6.47. The van der Waals surface area contributed by atoms with Crippen molar-refractivity contribution in [3.8, 4) is 5.75 Å². The van der Waals surface area contributed by atoms with Gasteiger partial charge in [0.05, 0.1) is 13.1 Å². The number of ether oxygens (including phenoxy) is 1. The van der Waals surface area contributed by atoms with Crippen molar-refractivity contribution in [3.05, 3.63) is 65.5 Å². The quantitative estimate of drug-likeness (QED) is 0.804. The molecule has 132 valence electrons. The van der Waals surface area contributed by atoms with E-state index in [1.807, 2.05) is 0 Å². The third-order valence-corrected chi connectivity index (χ3v) is 4.44. The van der Waals surface area contributed by atoms with Gasteiger partial charge in [0.1, 0.15) is 18.1 Å². The smallest absolute Gasteiger partial charge is 0.258 e. The zero-order valence-electron chi connectivity index (χ0n) is 14.3. The molecule has 1 fully saturated rings. The van der Waals surface area contributed by atoms with Gasteiger partial charge in [-0.3, -0.25) is 4.79 Å². The normalized spacial score (nSPS) is 14.4. The number of rotatable bonds is 7. The molecular weight excluding hydrogens is 319 g/mol. The SMILES string of the molecule is O=C(COc1cccc(F)c1)NCc1ccc(C[NH+]2CCCC2)cc1. The van der Waals surface area contributed by atoms with Gasteiger partial charge in [0.25, 0.3) is 5.91 Å². The largest absolute Gasteiger partial charge is 0.484 e. The number of hydrogen-bond donors (Lipinski definition) is 2. The lowest BCUT2D eigenvalue weighted by atomic mass is 10.1. The highest BCUT2D eigenvalue weighted by Crippen LogP contribution is 2.11. The lowest BCUT2D eigenvalue weighted by Gasteiger charge is -2.12. The number of hydrogen-bond acceptors (Lipinski definition) is 2. The Kier molecular flexibility index (Phi) is 6.01. The van der Waals surface area contributed by atoms with E-state index in [1.165, 1.54) is 43.6 Å². The van der Waals surface area contributed by atoms with Crippen LogP contribution in [0.25, 0.3) is 0 Å². The van der Waals surface area contributed by atoms with Gasteiger partial charge >= 0.3 is 0 Å². The van der Waals surface area contributed by atoms with E-state index in [0.29, 0.717) is 12.3 Å². The van der Waals surface area contributed by atoms with Crippen LogP contribution in [-0.2, 0) is 17.9 Å². The Morgan fingerprint density at radius 3 is 2.52 bits per heavy atom. The van der Waals surface area contributed by atoms with Gasteiger partial charge in [-0.25, -0.2) is 4.39 Å². The molecule has 0 aromatic heterocycles. The summed E-state index contributed by atoms with van der Waals surface area (Å²) in [5.74, 6) is -0.257. The molecule has 0 radical (unpaired) electrons. The van der Waals surface area contributed by atoms with Crippen LogP contribution in [0.2, 0.25) is 0 Å². The van der Waals surface area contributed by atoms with Crippen LogP contribution in [0.3, 0.4) is 0 Å². The Morgan fingerprint density at radius 1 is 1.08 bits per heavy atom. The third-order valence-electron chi connectivity index (χ3n) is 4.44. The van der Waals surface area contributed by atoms with Crippen LogP contribution >= 0.6 is 0 Å². The second kappa shape index (κ2) is 8.62. The summed E-state index contributed by atoms with van der Waals surface area (Å²) in [6.45, 7) is 3.95.